The Balaban J connectivity index is 1.28. The first kappa shape index (κ1) is 28.9. The Labute approximate surface area is 261 Å². The Hall–Kier alpha value is -4.82. The van der Waals surface area contributed by atoms with Crippen molar-refractivity contribution in [3.8, 4) is 17.2 Å². The van der Waals surface area contributed by atoms with Gasteiger partial charge in [-0.1, -0.05) is 30.3 Å². The van der Waals surface area contributed by atoms with E-state index in [2.05, 4.69) is 16.1 Å². The Morgan fingerprint density at radius 3 is 2.56 bits per heavy atom. The molecule has 1 aliphatic carbocycles. The number of carbonyl (C=O) groups excluding carboxylic acids is 1. The summed E-state index contributed by atoms with van der Waals surface area (Å²) in [5.74, 6) is 0.485. The number of hydrazine groups is 1. The van der Waals surface area contributed by atoms with Gasteiger partial charge in [0.25, 0.3) is 11.5 Å². The van der Waals surface area contributed by atoms with Gasteiger partial charge >= 0.3 is 0 Å². The number of carbonyl (C=O) groups is 1. The quantitative estimate of drug-likeness (QED) is 0.337. The summed E-state index contributed by atoms with van der Waals surface area (Å²) >= 11 is 0. The van der Waals surface area contributed by atoms with Crippen LogP contribution in [0.15, 0.2) is 77.9 Å². The Bertz CT molecular complexity index is 1870. The van der Waals surface area contributed by atoms with Gasteiger partial charge in [-0.25, -0.2) is 9.99 Å². The van der Waals surface area contributed by atoms with Crippen LogP contribution in [-0.4, -0.2) is 58.4 Å². The average molecular weight is 603 g/mol. The molecule has 3 aliphatic rings. The maximum Gasteiger partial charge on any atom is 0.275 e. The number of nitriles is 1. The molecular formula is C35H34N6O4. The van der Waals surface area contributed by atoms with E-state index in [1.807, 2.05) is 65.7 Å². The van der Waals surface area contributed by atoms with E-state index in [1.54, 1.807) is 28.9 Å². The number of aliphatic hydroxyl groups is 1. The molecule has 0 spiro atoms. The second kappa shape index (κ2) is 11.6. The predicted molar refractivity (Wildman–Crippen MR) is 170 cm³/mol. The number of nitrogens with zero attached hydrogens (tertiary/aromatic N) is 6. The molecule has 2 aliphatic heterocycles. The van der Waals surface area contributed by atoms with Crippen molar-refractivity contribution in [3.63, 3.8) is 0 Å². The number of benzene rings is 2. The number of pyridine rings is 2. The van der Waals surface area contributed by atoms with E-state index in [0.29, 0.717) is 67.6 Å². The van der Waals surface area contributed by atoms with Gasteiger partial charge in [0, 0.05) is 55.8 Å². The average Bonchev–Trinajstić information content (AvgIpc) is 3.89. The first-order valence-electron chi connectivity index (χ1n) is 15.3. The molecule has 2 aromatic carbocycles. The number of aryl methyl sites for hydroxylation is 1. The first-order valence-corrected chi connectivity index (χ1v) is 15.3. The molecule has 1 N–H and O–H groups in total. The number of morpholine rings is 1. The molecule has 10 nitrogen and oxygen atoms in total. The smallest absolute Gasteiger partial charge is 0.275 e. The molecular weight excluding hydrogens is 568 g/mol. The summed E-state index contributed by atoms with van der Waals surface area (Å²) in [6.07, 6.45) is 5.82. The molecule has 2 fully saturated rings. The molecule has 2 aromatic heterocycles. The molecule has 1 saturated carbocycles. The molecule has 4 heterocycles. The van der Waals surface area contributed by atoms with Crippen molar-refractivity contribution in [2.24, 2.45) is 7.05 Å². The molecule has 1 saturated heterocycles. The summed E-state index contributed by atoms with van der Waals surface area (Å²) in [7, 11) is 1.71. The zero-order valence-corrected chi connectivity index (χ0v) is 25.1. The van der Waals surface area contributed by atoms with Crippen LogP contribution in [0.5, 0.6) is 0 Å². The van der Waals surface area contributed by atoms with E-state index in [-0.39, 0.29) is 18.1 Å². The minimum atomic E-state index is -0.407. The fourth-order valence-electron chi connectivity index (χ4n) is 6.52. The normalized spacial score (nSPS) is 17.4. The van der Waals surface area contributed by atoms with Gasteiger partial charge in [0.1, 0.15) is 11.5 Å². The predicted octanol–water partition coefficient (Wildman–Crippen LogP) is 4.08. The zero-order chi connectivity index (χ0) is 31.1. The maximum atomic E-state index is 13.9. The van der Waals surface area contributed by atoms with Crippen molar-refractivity contribution < 1.29 is 14.6 Å². The third-order valence-electron chi connectivity index (χ3n) is 9.14. The fourth-order valence-corrected chi connectivity index (χ4v) is 6.52. The number of hydrogen-bond acceptors (Lipinski definition) is 8. The van der Waals surface area contributed by atoms with Gasteiger partial charge in [0.15, 0.2) is 0 Å². The number of amides is 1. The van der Waals surface area contributed by atoms with Crippen LogP contribution in [0, 0.1) is 11.3 Å². The van der Waals surface area contributed by atoms with E-state index >= 15 is 0 Å². The zero-order valence-electron chi connectivity index (χ0n) is 25.1. The Morgan fingerprint density at radius 2 is 1.84 bits per heavy atom. The molecule has 4 aromatic rings. The SMILES string of the molecule is Cn1cc(-c2cccc(N3CCc4cc(C5(C#N)CC5)ccc4C3=O)c2CO)cc(N(c2ccccn2)N2CCOCC2)c1=O. The van der Waals surface area contributed by atoms with Crippen LogP contribution < -0.4 is 15.5 Å². The van der Waals surface area contributed by atoms with Crippen molar-refractivity contribution in [1.82, 2.24) is 14.6 Å². The lowest BCUT2D eigenvalue weighted by molar-refractivity contribution is 0.0374. The molecule has 228 valence electrons. The van der Waals surface area contributed by atoms with Crippen LogP contribution in [0.25, 0.3) is 11.1 Å². The van der Waals surface area contributed by atoms with Crippen LogP contribution in [0.3, 0.4) is 0 Å². The van der Waals surface area contributed by atoms with Crippen LogP contribution in [0.4, 0.5) is 17.2 Å². The van der Waals surface area contributed by atoms with Crippen LogP contribution >= 0.6 is 0 Å². The van der Waals surface area contributed by atoms with Gasteiger partial charge in [-0.2, -0.15) is 5.26 Å². The summed E-state index contributed by atoms with van der Waals surface area (Å²) in [5, 5.41) is 24.3. The second-order valence-electron chi connectivity index (χ2n) is 11.8. The number of rotatable bonds is 7. The van der Waals surface area contributed by atoms with E-state index in [1.165, 1.54) is 0 Å². The van der Waals surface area contributed by atoms with Gasteiger partial charge in [0.2, 0.25) is 0 Å². The van der Waals surface area contributed by atoms with E-state index in [9.17, 15) is 20.0 Å². The Morgan fingerprint density at radius 1 is 1.02 bits per heavy atom. The minimum Gasteiger partial charge on any atom is -0.392 e. The van der Waals surface area contributed by atoms with Gasteiger partial charge in [-0.3, -0.25) is 14.6 Å². The van der Waals surface area contributed by atoms with Crippen molar-refractivity contribution in [1.29, 1.82) is 5.26 Å². The highest BCUT2D eigenvalue weighted by Crippen LogP contribution is 2.48. The highest BCUT2D eigenvalue weighted by molar-refractivity contribution is 6.09. The number of fused-ring (bicyclic) bond motifs is 1. The summed E-state index contributed by atoms with van der Waals surface area (Å²) in [4.78, 5) is 33.8. The van der Waals surface area contributed by atoms with Crippen molar-refractivity contribution >= 4 is 23.1 Å². The molecule has 7 rings (SSSR count). The number of aliphatic hydroxyl groups excluding tert-OH is 1. The second-order valence-corrected chi connectivity index (χ2v) is 11.8. The summed E-state index contributed by atoms with van der Waals surface area (Å²) in [6, 6.07) is 21.3. The summed E-state index contributed by atoms with van der Waals surface area (Å²) in [5.41, 5.74) is 5.09. The monoisotopic (exact) mass is 602 g/mol. The third-order valence-corrected chi connectivity index (χ3v) is 9.14. The molecule has 1 amide bonds. The van der Waals surface area contributed by atoms with Gasteiger partial charge in [0.05, 0.1) is 37.0 Å². The van der Waals surface area contributed by atoms with E-state index in [4.69, 9.17) is 4.74 Å². The van der Waals surface area contributed by atoms with Crippen molar-refractivity contribution in [2.75, 3.05) is 42.8 Å². The molecule has 10 heteroatoms. The molecule has 0 atom stereocenters. The number of hydrogen-bond donors (Lipinski definition) is 1. The molecule has 45 heavy (non-hydrogen) atoms. The number of anilines is 3. The lowest BCUT2D eigenvalue weighted by Gasteiger charge is -2.37. The lowest BCUT2D eigenvalue weighted by atomic mass is 9.89. The first-order chi connectivity index (χ1) is 21.9. The van der Waals surface area contributed by atoms with Crippen molar-refractivity contribution in [2.45, 2.75) is 31.3 Å². The molecule has 0 radical (unpaired) electrons. The van der Waals surface area contributed by atoms with Gasteiger partial charge in [-0.15, -0.1) is 0 Å². The minimum absolute atomic E-state index is 0.133. The van der Waals surface area contributed by atoms with Crippen LogP contribution in [0.1, 0.15) is 39.9 Å². The molecule has 0 bridgehead atoms. The lowest BCUT2D eigenvalue weighted by Crippen LogP contribution is -2.48. The highest BCUT2D eigenvalue weighted by Gasteiger charge is 2.45. The standard InChI is InChI=1S/C35H34N6O4/c1-38-21-25(20-31(34(38)44)41(32-7-2-3-13-37-32)39-15-17-45-18-16-39)27-5-4-6-30(29(27)22-42)40-14-10-24-19-26(35(23-36)11-12-35)8-9-28(24)33(40)43/h2-9,13,19-21,42H,10-12,14-18,22H2,1H3. The van der Waals surface area contributed by atoms with E-state index < -0.39 is 5.41 Å². The topological polar surface area (TPSA) is 115 Å². The molecule has 0 unspecified atom stereocenters. The fraction of sp³-hybridized carbons (Fsp3) is 0.314. The largest absolute Gasteiger partial charge is 0.392 e. The van der Waals surface area contributed by atoms with Gasteiger partial charge < -0.3 is 19.3 Å². The summed E-state index contributed by atoms with van der Waals surface area (Å²) in [6.45, 7) is 2.42. The van der Waals surface area contributed by atoms with Crippen LogP contribution in [-0.2, 0) is 30.2 Å². The van der Waals surface area contributed by atoms with Gasteiger partial charge in [-0.05, 0) is 66.3 Å². The van der Waals surface area contributed by atoms with Crippen molar-refractivity contribution in [3.05, 3.63) is 106 Å². The van der Waals surface area contributed by atoms with E-state index in [0.717, 1.165) is 35.1 Å². The number of ether oxygens (including phenoxy) is 1. The third kappa shape index (κ3) is 5.09. The number of aromatic nitrogens is 2. The van der Waals surface area contributed by atoms with Crippen LogP contribution in [0.2, 0.25) is 0 Å². The highest BCUT2D eigenvalue weighted by atomic mass is 16.5. The summed E-state index contributed by atoms with van der Waals surface area (Å²) < 4.78 is 7.13. The maximum absolute atomic E-state index is 13.9. The Kier molecular flexibility index (Phi) is 7.45.